The quantitative estimate of drug-likeness (QED) is 0.342. The number of piperidine rings is 1. The van der Waals surface area contributed by atoms with Crippen molar-refractivity contribution in [2.24, 2.45) is 5.92 Å². The standard InChI is InChI=1S/C24H30ClFN4O6S2/c25-22-5-1-2-6-24(22)38(35,36)29-11-3-4-19(16-29)23(30(32)18-31)17-37(33,34)28-14-12-27(13-15-28)21-9-7-20(26)8-10-21/h1-2,5-10,18-19,23,30H,3-4,11-17H2. The predicted octanol–water partition coefficient (Wildman–Crippen LogP) is 0.940. The highest BCUT2D eigenvalue weighted by Gasteiger charge is 2.41. The highest BCUT2D eigenvalue weighted by molar-refractivity contribution is 7.89. The monoisotopic (exact) mass is 588 g/mol. The molecule has 38 heavy (non-hydrogen) atoms. The summed E-state index contributed by atoms with van der Waals surface area (Å²) in [5.41, 5.74) is 0.777. The average molecular weight is 589 g/mol. The van der Waals surface area contributed by atoms with Crippen LogP contribution in [-0.2, 0) is 24.8 Å². The maximum Gasteiger partial charge on any atom is 0.300 e. The van der Waals surface area contributed by atoms with Crippen LogP contribution in [0.25, 0.3) is 0 Å². The Bertz CT molecular complexity index is 1340. The van der Waals surface area contributed by atoms with Gasteiger partial charge in [-0.1, -0.05) is 23.7 Å². The molecule has 2 fully saturated rings. The lowest BCUT2D eigenvalue weighted by molar-refractivity contribution is -0.787. The third-order valence-corrected chi connectivity index (χ3v) is 11.4. The maximum atomic E-state index is 13.3. The van der Waals surface area contributed by atoms with Crippen molar-refractivity contribution in [3.8, 4) is 0 Å². The highest BCUT2D eigenvalue weighted by Crippen LogP contribution is 2.29. The predicted molar refractivity (Wildman–Crippen MR) is 141 cm³/mol. The molecule has 2 heterocycles. The van der Waals surface area contributed by atoms with Gasteiger partial charge in [0.15, 0.2) is 0 Å². The van der Waals surface area contributed by atoms with Crippen LogP contribution in [0.4, 0.5) is 10.1 Å². The molecule has 0 radical (unpaired) electrons. The Morgan fingerprint density at radius 1 is 1.00 bits per heavy atom. The Morgan fingerprint density at radius 3 is 2.29 bits per heavy atom. The van der Waals surface area contributed by atoms with Crippen molar-refractivity contribution >= 4 is 43.7 Å². The summed E-state index contributed by atoms with van der Waals surface area (Å²) in [6.07, 6.45) is 0.939. The molecule has 2 aromatic carbocycles. The van der Waals surface area contributed by atoms with Gasteiger partial charge in [-0.15, -0.1) is 0 Å². The SMILES string of the molecule is O=C[NH+]([O-])C(CS(=O)(=O)N1CCN(c2ccc(F)cc2)CC1)C1CCCN(S(=O)(=O)c2ccccc2Cl)C1. The molecule has 2 aliphatic heterocycles. The molecule has 0 aromatic heterocycles. The van der Waals surface area contributed by atoms with Crippen molar-refractivity contribution in [2.75, 3.05) is 49.9 Å². The highest BCUT2D eigenvalue weighted by atomic mass is 35.5. The smallest absolute Gasteiger partial charge is 0.300 e. The van der Waals surface area contributed by atoms with Gasteiger partial charge in [-0.25, -0.2) is 26.0 Å². The van der Waals surface area contributed by atoms with Gasteiger partial charge in [-0.2, -0.15) is 8.61 Å². The number of hydrogen-bond donors (Lipinski definition) is 1. The summed E-state index contributed by atoms with van der Waals surface area (Å²) < 4.78 is 68.9. The molecule has 0 saturated carbocycles. The summed E-state index contributed by atoms with van der Waals surface area (Å²) in [5.74, 6) is -1.58. The number of piperazine rings is 1. The van der Waals surface area contributed by atoms with Crippen LogP contribution in [0.2, 0.25) is 5.02 Å². The second kappa shape index (κ2) is 11.9. The first-order valence-electron chi connectivity index (χ1n) is 12.2. The number of quaternary nitrogens is 1. The Hall–Kier alpha value is -2.13. The number of sulfonamides is 2. The van der Waals surface area contributed by atoms with E-state index >= 15 is 0 Å². The number of amides is 1. The first kappa shape index (κ1) is 28.9. The fourth-order valence-electron chi connectivity index (χ4n) is 5.06. The Morgan fingerprint density at radius 2 is 1.66 bits per heavy atom. The lowest BCUT2D eigenvalue weighted by atomic mass is 9.92. The first-order valence-corrected chi connectivity index (χ1v) is 15.7. The van der Waals surface area contributed by atoms with E-state index in [-0.39, 0.29) is 48.3 Å². The van der Waals surface area contributed by atoms with E-state index in [1.807, 2.05) is 4.90 Å². The number of nitrogens with zero attached hydrogens (tertiary/aromatic N) is 3. The van der Waals surface area contributed by atoms with Gasteiger partial charge in [-0.3, -0.25) is 0 Å². The number of halogens is 2. The van der Waals surface area contributed by atoms with Crippen LogP contribution >= 0.6 is 11.6 Å². The summed E-state index contributed by atoms with van der Waals surface area (Å²) in [5, 5.41) is 11.8. The number of rotatable bonds is 9. The van der Waals surface area contributed by atoms with Crippen LogP contribution in [0, 0.1) is 16.9 Å². The number of benzene rings is 2. The topological polar surface area (TPSA) is 123 Å². The van der Waals surface area contributed by atoms with Gasteiger partial charge in [0.05, 0.1) is 5.02 Å². The fraction of sp³-hybridized carbons (Fsp3) is 0.458. The molecule has 3 unspecified atom stereocenters. The molecular formula is C24H30ClFN4O6S2. The van der Waals surface area contributed by atoms with Gasteiger partial charge >= 0.3 is 0 Å². The van der Waals surface area contributed by atoms with Crippen molar-refractivity contribution in [3.63, 3.8) is 0 Å². The number of hydrogen-bond acceptors (Lipinski definition) is 7. The zero-order valence-electron chi connectivity index (χ0n) is 20.6. The Kier molecular flexibility index (Phi) is 9.07. The van der Waals surface area contributed by atoms with Crippen LogP contribution in [-0.4, -0.2) is 82.9 Å². The van der Waals surface area contributed by atoms with Crippen molar-refractivity contribution in [3.05, 3.63) is 64.6 Å². The van der Waals surface area contributed by atoms with Crippen LogP contribution in [0.5, 0.6) is 0 Å². The van der Waals surface area contributed by atoms with Crippen LogP contribution < -0.4 is 9.96 Å². The third-order valence-electron chi connectivity index (χ3n) is 7.14. The molecule has 0 aliphatic carbocycles. The third kappa shape index (κ3) is 6.36. The summed E-state index contributed by atoms with van der Waals surface area (Å²) in [6.45, 7) is 1.20. The molecule has 0 bridgehead atoms. The molecule has 0 spiro atoms. The van der Waals surface area contributed by atoms with Gasteiger partial charge in [-0.05, 0) is 49.2 Å². The molecule has 10 nitrogen and oxygen atoms in total. The number of anilines is 1. The maximum absolute atomic E-state index is 13.3. The van der Waals surface area contributed by atoms with Crippen LogP contribution in [0.15, 0.2) is 53.4 Å². The van der Waals surface area contributed by atoms with E-state index in [0.717, 1.165) is 5.69 Å². The largest absolute Gasteiger partial charge is 0.627 e. The second-order valence-corrected chi connectivity index (χ2v) is 13.8. The van der Waals surface area contributed by atoms with Crippen molar-refractivity contribution in [2.45, 2.75) is 23.8 Å². The van der Waals surface area contributed by atoms with Gasteiger partial charge < -0.3 is 15.2 Å². The summed E-state index contributed by atoms with van der Waals surface area (Å²) in [4.78, 5) is 13.4. The molecule has 2 aromatic rings. The van der Waals surface area contributed by atoms with Crippen molar-refractivity contribution in [1.29, 1.82) is 0 Å². The van der Waals surface area contributed by atoms with E-state index in [4.69, 9.17) is 11.6 Å². The van der Waals surface area contributed by atoms with E-state index in [1.54, 1.807) is 24.3 Å². The van der Waals surface area contributed by atoms with E-state index in [0.29, 0.717) is 25.9 Å². The molecule has 3 atom stereocenters. The minimum atomic E-state index is -3.98. The molecule has 4 rings (SSSR count). The molecule has 14 heteroatoms. The number of nitrogens with one attached hydrogen (secondary N) is 1. The number of carbonyl (C=O) groups excluding carboxylic acids is 1. The van der Waals surface area contributed by atoms with Crippen LogP contribution in [0.3, 0.4) is 0 Å². The molecular weight excluding hydrogens is 559 g/mol. The lowest BCUT2D eigenvalue weighted by Gasteiger charge is -2.40. The van der Waals surface area contributed by atoms with E-state index in [9.17, 15) is 31.2 Å². The number of hydroxylamine groups is 2. The first-order chi connectivity index (χ1) is 18.0. The zero-order chi connectivity index (χ0) is 27.5. The average Bonchev–Trinajstić information content (AvgIpc) is 2.92. The van der Waals surface area contributed by atoms with Crippen molar-refractivity contribution in [1.82, 2.24) is 8.61 Å². The Labute approximate surface area is 227 Å². The summed E-state index contributed by atoms with van der Waals surface area (Å²) in [6, 6.07) is 10.8. The van der Waals surface area contributed by atoms with Gasteiger partial charge in [0.1, 0.15) is 22.5 Å². The van der Waals surface area contributed by atoms with E-state index in [2.05, 4.69) is 0 Å². The van der Waals surface area contributed by atoms with E-state index in [1.165, 1.54) is 32.9 Å². The normalized spacial score (nSPS) is 21.7. The molecule has 1 amide bonds. The fourth-order valence-corrected chi connectivity index (χ4v) is 8.91. The molecule has 1 N–H and O–H groups in total. The minimum Gasteiger partial charge on any atom is -0.627 e. The molecule has 208 valence electrons. The summed E-state index contributed by atoms with van der Waals surface area (Å²) >= 11 is 6.12. The zero-order valence-corrected chi connectivity index (χ0v) is 23.0. The molecule has 2 aliphatic rings. The van der Waals surface area contributed by atoms with Gasteiger partial charge in [0.25, 0.3) is 6.41 Å². The minimum absolute atomic E-state index is 0.0628. The summed E-state index contributed by atoms with van der Waals surface area (Å²) in [7, 11) is -7.91. The van der Waals surface area contributed by atoms with Crippen LogP contribution in [0.1, 0.15) is 12.8 Å². The van der Waals surface area contributed by atoms with Crippen molar-refractivity contribution < 1.29 is 31.1 Å². The van der Waals surface area contributed by atoms with E-state index < -0.39 is 42.8 Å². The lowest BCUT2D eigenvalue weighted by Crippen LogP contribution is -3.12. The van der Waals surface area contributed by atoms with Gasteiger partial charge in [0, 0.05) is 50.9 Å². The number of carbonyl (C=O) groups is 1. The van der Waals surface area contributed by atoms with Gasteiger partial charge in [0.2, 0.25) is 20.0 Å². The molecule has 2 saturated heterocycles. The Balaban J connectivity index is 1.46. The second-order valence-electron chi connectivity index (χ2n) is 9.46.